The van der Waals surface area contributed by atoms with Gasteiger partial charge in [-0.2, -0.15) is 13.2 Å². The minimum Gasteiger partial charge on any atom is -0.300 e. The third-order valence-electron chi connectivity index (χ3n) is 2.63. The van der Waals surface area contributed by atoms with E-state index in [-0.39, 0.29) is 17.9 Å². The monoisotopic (exact) mass is 245 g/mol. The molecule has 0 fully saturated rings. The summed E-state index contributed by atoms with van der Waals surface area (Å²) in [4.78, 5) is 14.7. The maximum atomic E-state index is 12.8. The van der Waals surface area contributed by atoms with Crippen LogP contribution in [0.4, 0.5) is 13.2 Å². The number of carbonyl (C=O) groups is 1. The van der Waals surface area contributed by atoms with E-state index in [1.54, 1.807) is 6.07 Å². The maximum Gasteiger partial charge on any atom is 0.399 e. The van der Waals surface area contributed by atoms with Crippen LogP contribution in [0.5, 0.6) is 0 Å². The molecule has 0 spiro atoms. The Balaban J connectivity index is 3.11. The summed E-state index contributed by atoms with van der Waals surface area (Å²) in [5.74, 6) is -0.0908. The Morgan fingerprint density at radius 2 is 1.94 bits per heavy atom. The number of hydrogen-bond acceptors (Lipinski definition) is 2. The van der Waals surface area contributed by atoms with Gasteiger partial charge in [0.05, 0.1) is 5.69 Å². The predicted molar refractivity (Wildman–Crippen MR) is 57.7 cm³/mol. The van der Waals surface area contributed by atoms with Crippen molar-refractivity contribution in [3.05, 3.63) is 29.6 Å². The van der Waals surface area contributed by atoms with Crippen LogP contribution < -0.4 is 0 Å². The van der Waals surface area contributed by atoms with E-state index in [9.17, 15) is 18.0 Å². The summed E-state index contributed by atoms with van der Waals surface area (Å²) < 4.78 is 38.4. The zero-order valence-corrected chi connectivity index (χ0v) is 9.93. The van der Waals surface area contributed by atoms with Crippen LogP contribution in [0.1, 0.15) is 32.0 Å². The highest BCUT2D eigenvalue weighted by Crippen LogP contribution is 2.39. The number of pyridine rings is 1. The molecule has 2 nitrogen and oxygen atoms in total. The topological polar surface area (TPSA) is 30.0 Å². The van der Waals surface area contributed by atoms with Crippen LogP contribution in [0.15, 0.2) is 18.3 Å². The van der Waals surface area contributed by atoms with Gasteiger partial charge < -0.3 is 0 Å². The van der Waals surface area contributed by atoms with Crippen molar-refractivity contribution in [2.24, 2.45) is 0 Å². The molecule has 0 aliphatic heterocycles. The number of ketones is 1. The van der Waals surface area contributed by atoms with Gasteiger partial charge in [-0.25, -0.2) is 0 Å². The molecule has 94 valence electrons. The van der Waals surface area contributed by atoms with Crippen LogP contribution in [-0.2, 0) is 16.6 Å². The van der Waals surface area contributed by atoms with Gasteiger partial charge in [0.1, 0.15) is 11.2 Å². The van der Waals surface area contributed by atoms with E-state index < -0.39 is 11.6 Å². The van der Waals surface area contributed by atoms with E-state index in [1.165, 1.54) is 19.2 Å². The van der Waals surface area contributed by atoms with Gasteiger partial charge in [-0.05, 0) is 38.5 Å². The first-order valence-corrected chi connectivity index (χ1v) is 5.16. The molecule has 1 heterocycles. The van der Waals surface area contributed by atoms with Crippen LogP contribution in [0.3, 0.4) is 0 Å². The van der Waals surface area contributed by atoms with Gasteiger partial charge in [0.2, 0.25) is 0 Å². The van der Waals surface area contributed by atoms with Crippen LogP contribution in [0.2, 0.25) is 0 Å². The van der Waals surface area contributed by atoms with Gasteiger partial charge in [-0.1, -0.05) is 0 Å². The fraction of sp³-hybridized carbons (Fsp3) is 0.500. The second-order valence-electron chi connectivity index (χ2n) is 4.55. The van der Waals surface area contributed by atoms with Crippen molar-refractivity contribution >= 4 is 5.78 Å². The van der Waals surface area contributed by atoms with Gasteiger partial charge in [-0.15, -0.1) is 0 Å². The fourth-order valence-electron chi connectivity index (χ4n) is 1.36. The standard InChI is InChI=1S/C12H14F3NO/c1-8(17)6-9-4-5-16-10(7-9)11(2,3)12(13,14)15/h4-5,7H,6H2,1-3H3. The fourth-order valence-corrected chi connectivity index (χ4v) is 1.36. The number of alkyl halides is 3. The lowest BCUT2D eigenvalue weighted by molar-refractivity contribution is -0.181. The predicted octanol–water partition coefficient (Wildman–Crippen LogP) is 3.05. The Kier molecular flexibility index (Phi) is 3.59. The largest absolute Gasteiger partial charge is 0.399 e. The average Bonchev–Trinajstić information content (AvgIpc) is 2.15. The van der Waals surface area contributed by atoms with Crippen molar-refractivity contribution in [2.75, 3.05) is 0 Å². The number of rotatable bonds is 3. The van der Waals surface area contributed by atoms with E-state index in [0.29, 0.717) is 5.56 Å². The number of Topliss-reactive ketones (excluding diaryl/α,β-unsaturated/α-hetero) is 1. The molecule has 0 aliphatic carbocycles. The number of aromatic nitrogens is 1. The average molecular weight is 245 g/mol. The molecule has 1 aromatic rings. The summed E-state index contributed by atoms with van der Waals surface area (Å²) in [6.45, 7) is 3.55. The minimum absolute atomic E-state index is 0.0660. The van der Waals surface area contributed by atoms with E-state index in [1.807, 2.05) is 0 Å². The Labute approximate surface area is 97.9 Å². The van der Waals surface area contributed by atoms with Crippen molar-refractivity contribution in [3.8, 4) is 0 Å². The summed E-state index contributed by atoms with van der Waals surface area (Å²) in [5.41, 5.74) is -1.52. The van der Waals surface area contributed by atoms with Gasteiger partial charge >= 0.3 is 6.18 Å². The van der Waals surface area contributed by atoms with Gasteiger partial charge in [-0.3, -0.25) is 9.78 Å². The Bertz CT molecular complexity index is 424. The molecule has 1 aromatic heterocycles. The van der Waals surface area contributed by atoms with Crippen LogP contribution in [0.25, 0.3) is 0 Å². The molecule has 0 aromatic carbocycles. The van der Waals surface area contributed by atoms with Crippen molar-refractivity contribution in [1.29, 1.82) is 0 Å². The number of carbonyl (C=O) groups excluding carboxylic acids is 1. The van der Waals surface area contributed by atoms with Crippen molar-refractivity contribution < 1.29 is 18.0 Å². The Morgan fingerprint density at radius 1 is 1.35 bits per heavy atom. The second-order valence-corrected chi connectivity index (χ2v) is 4.55. The molecule has 0 aliphatic rings. The molecule has 0 amide bonds. The number of nitrogens with zero attached hydrogens (tertiary/aromatic N) is 1. The first-order valence-electron chi connectivity index (χ1n) is 5.16. The van der Waals surface area contributed by atoms with Crippen molar-refractivity contribution in [2.45, 2.75) is 38.8 Å². The second kappa shape index (κ2) is 4.47. The highest BCUT2D eigenvalue weighted by molar-refractivity contribution is 5.78. The summed E-state index contributed by atoms with van der Waals surface area (Å²) in [6, 6.07) is 2.90. The van der Waals surface area contributed by atoms with Gasteiger partial charge in [0.25, 0.3) is 0 Å². The van der Waals surface area contributed by atoms with Gasteiger partial charge in [0.15, 0.2) is 0 Å². The van der Waals surface area contributed by atoms with E-state index in [4.69, 9.17) is 0 Å². The van der Waals surface area contributed by atoms with Crippen molar-refractivity contribution in [1.82, 2.24) is 4.98 Å². The lowest BCUT2D eigenvalue weighted by atomic mass is 9.87. The SMILES string of the molecule is CC(=O)Cc1ccnc(C(C)(C)C(F)(F)F)c1. The molecule has 0 radical (unpaired) electrons. The molecular weight excluding hydrogens is 231 g/mol. The maximum absolute atomic E-state index is 12.8. The zero-order valence-electron chi connectivity index (χ0n) is 9.93. The Hall–Kier alpha value is -1.39. The smallest absolute Gasteiger partial charge is 0.300 e. The molecule has 0 unspecified atom stereocenters. The molecular formula is C12H14F3NO. The number of hydrogen-bond donors (Lipinski definition) is 0. The highest BCUT2D eigenvalue weighted by Gasteiger charge is 2.49. The molecule has 0 saturated heterocycles. The normalized spacial score (nSPS) is 12.6. The third kappa shape index (κ3) is 3.05. The molecule has 17 heavy (non-hydrogen) atoms. The first-order chi connectivity index (χ1) is 7.64. The van der Waals surface area contributed by atoms with Crippen LogP contribution >= 0.6 is 0 Å². The molecule has 0 N–H and O–H groups in total. The summed E-state index contributed by atoms with van der Waals surface area (Å²) in [5, 5.41) is 0. The summed E-state index contributed by atoms with van der Waals surface area (Å²) in [6.07, 6.45) is -2.93. The molecule has 1 rings (SSSR count). The first kappa shape index (κ1) is 13.7. The molecule has 0 bridgehead atoms. The van der Waals surface area contributed by atoms with E-state index in [2.05, 4.69) is 4.98 Å². The van der Waals surface area contributed by atoms with Crippen LogP contribution in [-0.4, -0.2) is 16.9 Å². The van der Waals surface area contributed by atoms with E-state index in [0.717, 1.165) is 13.8 Å². The van der Waals surface area contributed by atoms with Crippen LogP contribution in [0, 0.1) is 0 Å². The molecule has 5 heteroatoms. The Morgan fingerprint density at radius 3 is 2.41 bits per heavy atom. The van der Waals surface area contributed by atoms with Crippen molar-refractivity contribution in [3.63, 3.8) is 0 Å². The van der Waals surface area contributed by atoms with Gasteiger partial charge in [0, 0.05) is 12.6 Å². The lowest BCUT2D eigenvalue weighted by Crippen LogP contribution is -2.37. The third-order valence-corrected chi connectivity index (χ3v) is 2.63. The lowest BCUT2D eigenvalue weighted by Gasteiger charge is -2.27. The molecule has 0 atom stereocenters. The quantitative estimate of drug-likeness (QED) is 0.819. The molecule has 0 saturated carbocycles. The zero-order chi connectivity index (χ0) is 13.3. The number of halogens is 3. The minimum atomic E-state index is -4.37. The summed E-state index contributed by atoms with van der Waals surface area (Å²) >= 11 is 0. The summed E-state index contributed by atoms with van der Waals surface area (Å²) in [7, 11) is 0. The van der Waals surface area contributed by atoms with E-state index >= 15 is 0 Å². The highest BCUT2D eigenvalue weighted by atomic mass is 19.4.